The van der Waals surface area contributed by atoms with Crippen LogP contribution in [0.1, 0.15) is 29.9 Å². The topological polar surface area (TPSA) is 93.5 Å². The Bertz CT molecular complexity index is 983. The fourth-order valence-corrected chi connectivity index (χ4v) is 2.64. The van der Waals surface area contributed by atoms with Crippen LogP contribution in [0, 0.1) is 5.92 Å². The lowest BCUT2D eigenvalue weighted by Crippen LogP contribution is -2.36. The van der Waals surface area contributed by atoms with E-state index in [9.17, 15) is 9.59 Å². The van der Waals surface area contributed by atoms with Crippen molar-refractivity contribution in [3.63, 3.8) is 0 Å². The zero-order valence-corrected chi connectivity index (χ0v) is 17.1. The predicted octanol–water partition coefficient (Wildman–Crippen LogP) is 3.42. The van der Waals surface area contributed by atoms with E-state index in [4.69, 9.17) is 9.26 Å². The Labute approximate surface area is 175 Å². The third kappa shape index (κ3) is 6.20. The van der Waals surface area contributed by atoms with E-state index in [1.54, 1.807) is 6.07 Å². The highest BCUT2D eigenvalue weighted by Crippen LogP contribution is 2.19. The lowest BCUT2D eigenvalue weighted by molar-refractivity contribution is -0.120. The van der Waals surface area contributed by atoms with E-state index in [1.807, 2.05) is 54.6 Å². The summed E-state index contributed by atoms with van der Waals surface area (Å²) < 4.78 is 10.9. The number of hydrogen-bond donors (Lipinski definition) is 2. The fraction of sp³-hybridized carbons (Fsp3) is 0.261. The van der Waals surface area contributed by atoms with E-state index in [2.05, 4.69) is 29.6 Å². The number of nitrogens with zero attached hydrogens (tertiary/aromatic N) is 1. The first kappa shape index (κ1) is 21.1. The first-order chi connectivity index (χ1) is 14.5. The molecule has 0 spiro atoms. The Morgan fingerprint density at radius 3 is 2.60 bits per heavy atom. The number of hydrogen-bond acceptors (Lipinski definition) is 5. The van der Waals surface area contributed by atoms with Gasteiger partial charge in [0.15, 0.2) is 11.5 Å². The highest BCUT2D eigenvalue weighted by atomic mass is 16.5. The molecule has 0 bridgehead atoms. The van der Waals surface area contributed by atoms with Crippen molar-refractivity contribution in [2.45, 2.75) is 20.4 Å². The third-order valence-electron chi connectivity index (χ3n) is 4.18. The molecule has 1 heterocycles. The molecule has 0 unspecified atom stereocenters. The summed E-state index contributed by atoms with van der Waals surface area (Å²) in [6, 6.07) is 18.5. The summed E-state index contributed by atoms with van der Waals surface area (Å²) >= 11 is 0. The van der Waals surface area contributed by atoms with Crippen LogP contribution in [0.5, 0.6) is 5.75 Å². The van der Waals surface area contributed by atoms with Gasteiger partial charge < -0.3 is 19.9 Å². The lowest BCUT2D eigenvalue weighted by atomic mass is 10.1. The summed E-state index contributed by atoms with van der Waals surface area (Å²) in [7, 11) is 0. The average Bonchev–Trinajstić information content (AvgIpc) is 3.26. The Morgan fingerprint density at radius 1 is 1.03 bits per heavy atom. The van der Waals surface area contributed by atoms with Crippen LogP contribution in [-0.2, 0) is 11.3 Å². The molecule has 0 saturated heterocycles. The van der Waals surface area contributed by atoms with Crippen molar-refractivity contribution in [3.8, 4) is 17.1 Å². The van der Waals surface area contributed by atoms with E-state index < -0.39 is 5.91 Å². The minimum absolute atomic E-state index is 0.122. The largest absolute Gasteiger partial charge is 0.493 e. The van der Waals surface area contributed by atoms with Gasteiger partial charge in [0, 0.05) is 18.2 Å². The molecule has 0 saturated carbocycles. The number of carbonyl (C=O) groups excluding carboxylic acids is 2. The van der Waals surface area contributed by atoms with Crippen LogP contribution in [-0.4, -0.2) is 30.1 Å². The summed E-state index contributed by atoms with van der Waals surface area (Å²) in [5.74, 6) is 0.919. The third-order valence-corrected chi connectivity index (χ3v) is 4.18. The quantitative estimate of drug-likeness (QED) is 0.567. The molecule has 3 aromatic rings. The normalized spacial score (nSPS) is 10.6. The summed E-state index contributed by atoms with van der Waals surface area (Å²) in [6.07, 6.45) is 0. The zero-order valence-electron chi connectivity index (χ0n) is 17.1. The molecule has 30 heavy (non-hydrogen) atoms. The SMILES string of the molecule is CC(C)COc1cccc(CNC(=O)CNC(=O)c2cc(-c3ccccc3)on2)c1. The zero-order chi connectivity index (χ0) is 21.3. The van der Waals surface area contributed by atoms with Gasteiger partial charge in [0.25, 0.3) is 5.91 Å². The van der Waals surface area contributed by atoms with Crippen LogP contribution >= 0.6 is 0 Å². The molecule has 3 rings (SSSR count). The summed E-state index contributed by atoms with van der Waals surface area (Å²) in [5.41, 5.74) is 1.86. The molecular formula is C23H25N3O4. The first-order valence-electron chi connectivity index (χ1n) is 9.80. The minimum Gasteiger partial charge on any atom is -0.493 e. The van der Waals surface area contributed by atoms with Gasteiger partial charge in [0.1, 0.15) is 5.75 Å². The number of amides is 2. The van der Waals surface area contributed by atoms with Crippen molar-refractivity contribution >= 4 is 11.8 Å². The van der Waals surface area contributed by atoms with Gasteiger partial charge >= 0.3 is 0 Å². The summed E-state index contributed by atoms with van der Waals surface area (Å²) in [4.78, 5) is 24.3. The number of aromatic nitrogens is 1. The molecule has 2 N–H and O–H groups in total. The van der Waals surface area contributed by atoms with Crippen molar-refractivity contribution in [3.05, 3.63) is 71.9 Å². The molecule has 0 aliphatic heterocycles. The van der Waals surface area contributed by atoms with Crippen LogP contribution < -0.4 is 15.4 Å². The smallest absolute Gasteiger partial charge is 0.273 e. The molecule has 0 aliphatic carbocycles. The Kier molecular flexibility index (Phi) is 7.21. The second-order valence-electron chi connectivity index (χ2n) is 7.25. The van der Waals surface area contributed by atoms with E-state index in [0.717, 1.165) is 16.9 Å². The number of carbonyl (C=O) groups is 2. The monoisotopic (exact) mass is 407 g/mol. The van der Waals surface area contributed by atoms with Crippen LogP contribution in [0.2, 0.25) is 0 Å². The Morgan fingerprint density at radius 2 is 1.83 bits per heavy atom. The standard InChI is InChI=1S/C23H25N3O4/c1-16(2)15-29-19-10-6-7-17(11-19)13-24-22(27)14-25-23(28)20-12-21(30-26-20)18-8-4-3-5-9-18/h3-12,16H,13-15H2,1-2H3,(H,24,27)(H,25,28). The van der Waals surface area contributed by atoms with Crippen molar-refractivity contribution in [2.75, 3.05) is 13.2 Å². The van der Waals surface area contributed by atoms with Crippen molar-refractivity contribution in [2.24, 2.45) is 5.92 Å². The molecule has 156 valence electrons. The molecule has 0 atom stereocenters. The fourth-order valence-electron chi connectivity index (χ4n) is 2.64. The van der Waals surface area contributed by atoms with Gasteiger partial charge in [-0.05, 0) is 23.6 Å². The van der Waals surface area contributed by atoms with Crippen molar-refractivity contribution < 1.29 is 18.8 Å². The van der Waals surface area contributed by atoms with Crippen LogP contribution in [0.25, 0.3) is 11.3 Å². The maximum atomic E-state index is 12.2. The van der Waals surface area contributed by atoms with E-state index in [-0.39, 0.29) is 18.1 Å². The van der Waals surface area contributed by atoms with Gasteiger partial charge in [-0.2, -0.15) is 0 Å². The number of benzene rings is 2. The summed E-state index contributed by atoms with van der Waals surface area (Å²) in [5, 5.41) is 9.09. The molecular weight excluding hydrogens is 382 g/mol. The van der Waals surface area contributed by atoms with Crippen LogP contribution in [0.3, 0.4) is 0 Å². The highest BCUT2D eigenvalue weighted by molar-refractivity contribution is 5.95. The van der Waals surface area contributed by atoms with Gasteiger partial charge in [-0.3, -0.25) is 9.59 Å². The maximum absolute atomic E-state index is 12.2. The van der Waals surface area contributed by atoms with E-state index in [1.165, 1.54) is 0 Å². The predicted molar refractivity (Wildman–Crippen MR) is 113 cm³/mol. The van der Waals surface area contributed by atoms with E-state index >= 15 is 0 Å². The number of rotatable bonds is 9. The average molecular weight is 407 g/mol. The number of nitrogens with one attached hydrogen (secondary N) is 2. The van der Waals surface area contributed by atoms with Crippen molar-refractivity contribution in [1.29, 1.82) is 0 Å². The van der Waals surface area contributed by atoms with Gasteiger partial charge in [0.05, 0.1) is 13.2 Å². The van der Waals surface area contributed by atoms with Gasteiger partial charge in [-0.15, -0.1) is 0 Å². The van der Waals surface area contributed by atoms with Gasteiger partial charge in [-0.25, -0.2) is 0 Å². The maximum Gasteiger partial charge on any atom is 0.273 e. The van der Waals surface area contributed by atoms with Crippen molar-refractivity contribution in [1.82, 2.24) is 15.8 Å². The highest BCUT2D eigenvalue weighted by Gasteiger charge is 2.14. The molecule has 1 aromatic heterocycles. The molecule has 2 amide bonds. The Hall–Kier alpha value is -3.61. The molecule has 7 nitrogen and oxygen atoms in total. The van der Waals surface area contributed by atoms with Crippen LogP contribution in [0.4, 0.5) is 0 Å². The van der Waals surface area contributed by atoms with E-state index in [0.29, 0.717) is 24.8 Å². The molecule has 2 aromatic carbocycles. The van der Waals surface area contributed by atoms with Crippen LogP contribution in [0.15, 0.2) is 65.2 Å². The summed E-state index contributed by atoms with van der Waals surface area (Å²) in [6.45, 7) is 4.99. The lowest BCUT2D eigenvalue weighted by Gasteiger charge is -2.10. The minimum atomic E-state index is -0.472. The Balaban J connectivity index is 1.45. The number of ether oxygens (including phenoxy) is 1. The molecule has 0 aliphatic rings. The molecule has 0 fully saturated rings. The first-order valence-corrected chi connectivity index (χ1v) is 9.80. The molecule has 7 heteroatoms. The molecule has 0 radical (unpaired) electrons. The van der Waals surface area contributed by atoms with Gasteiger partial charge in [0.2, 0.25) is 5.91 Å². The second-order valence-corrected chi connectivity index (χ2v) is 7.25. The van der Waals surface area contributed by atoms with Gasteiger partial charge in [-0.1, -0.05) is 61.5 Å². The second kappa shape index (κ2) is 10.2.